The number of hydrogen-bond donors (Lipinski definition) is 0. The molecule has 2 N–H and O–H groups in total. The maximum Gasteiger partial charge on any atom is 1.00 e. The van der Waals surface area contributed by atoms with Crippen LogP contribution in [0.5, 0.6) is 0 Å². The summed E-state index contributed by atoms with van der Waals surface area (Å²) < 4.78 is 0. The minimum absolute atomic E-state index is 0. The SMILES string of the molecule is O.[Ru+].c1ccc(CN(Cc2ccccn2)Cc2cccc(-c3ccccn3)n2)nc1. The molecule has 4 aromatic heterocycles. The van der Waals surface area contributed by atoms with E-state index in [0.717, 1.165) is 41.6 Å². The molecular formula is C23H23N5ORu+. The Kier molecular flexibility index (Phi) is 9.35. The molecular weight excluding hydrogens is 463 g/mol. The van der Waals surface area contributed by atoms with Crippen LogP contribution in [0.3, 0.4) is 0 Å². The van der Waals surface area contributed by atoms with E-state index in [-0.39, 0.29) is 25.0 Å². The van der Waals surface area contributed by atoms with Crippen molar-refractivity contribution in [1.82, 2.24) is 24.8 Å². The zero-order chi connectivity index (χ0) is 19.0. The van der Waals surface area contributed by atoms with Crippen molar-refractivity contribution in [2.45, 2.75) is 19.6 Å². The molecule has 0 atom stereocenters. The van der Waals surface area contributed by atoms with Crippen LogP contribution in [-0.2, 0) is 39.1 Å². The standard InChI is InChI=1S/C23H21N5.H2O.Ru/c1-4-13-24-19(8-1)16-28(17-20-9-2-5-14-25-20)18-21-10-7-12-23(27-21)22-11-3-6-15-26-22;;/h1-15H,16-18H2;1H2;/q;;+1. The summed E-state index contributed by atoms with van der Waals surface area (Å²) in [4.78, 5) is 20.5. The summed E-state index contributed by atoms with van der Waals surface area (Å²) in [5.74, 6) is 0. The average Bonchev–Trinajstić information content (AvgIpc) is 2.76. The second kappa shape index (κ2) is 12.0. The van der Waals surface area contributed by atoms with Crippen molar-refractivity contribution in [2.75, 3.05) is 0 Å². The predicted molar refractivity (Wildman–Crippen MR) is 113 cm³/mol. The maximum atomic E-state index is 4.82. The Morgan fingerprint density at radius 3 is 1.57 bits per heavy atom. The van der Waals surface area contributed by atoms with Crippen molar-refractivity contribution in [3.8, 4) is 11.4 Å². The van der Waals surface area contributed by atoms with Gasteiger partial charge in [-0.2, -0.15) is 0 Å². The first-order valence-electron chi connectivity index (χ1n) is 9.26. The van der Waals surface area contributed by atoms with Crippen molar-refractivity contribution in [2.24, 2.45) is 0 Å². The predicted octanol–water partition coefficient (Wildman–Crippen LogP) is 3.31. The third-order valence-corrected chi connectivity index (χ3v) is 4.34. The molecule has 0 amide bonds. The van der Waals surface area contributed by atoms with E-state index < -0.39 is 0 Å². The summed E-state index contributed by atoms with van der Waals surface area (Å²) in [5, 5.41) is 0. The van der Waals surface area contributed by atoms with Gasteiger partial charge in [0.15, 0.2) is 0 Å². The second-order valence-corrected chi connectivity index (χ2v) is 6.52. The fraction of sp³-hybridized carbons (Fsp3) is 0.130. The van der Waals surface area contributed by atoms with Crippen molar-refractivity contribution >= 4 is 0 Å². The quantitative estimate of drug-likeness (QED) is 0.374. The van der Waals surface area contributed by atoms with E-state index in [1.54, 1.807) is 6.20 Å². The number of rotatable bonds is 7. The number of pyridine rings is 4. The first-order valence-corrected chi connectivity index (χ1v) is 9.26. The van der Waals surface area contributed by atoms with Gasteiger partial charge in [0, 0.05) is 38.2 Å². The summed E-state index contributed by atoms with van der Waals surface area (Å²) in [6, 6.07) is 23.9. The molecule has 0 spiro atoms. The Bertz CT molecular complexity index is 962. The molecule has 0 saturated heterocycles. The van der Waals surface area contributed by atoms with Crippen LogP contribution in [0, 0.1) is 0 Å². The van der Waals surface area contributed by atoms with E-state index in [1.165, 1.54) is 0 Å². The summed E-state index contributed by atoms with van der Waals surface area (Å²) in [6.45, 7) is 2.16. The average molecular weight is 487 g/mol. The molecule has 0 aromatic carbocycles. The molecule has 6 nitrogen and oxygen atoms in total. The van der Waals surface area contributed by atoms with Crippen LogP contribution in [0.4, 0.5) is 0 Å². The zero-order valence-corrected chi connectivity index (χ0v) is 18.1. The van der Waals surface area contributed by atoms with Gasteiger partial charge in [-0.05, 0) is 48.5 Å². The molecule has 0 saturated carbocycles. The maximum absolute atomic E-state index is 4.82. The van der Waals surface area contributed by atoms with Crippen LogP contribution >= 0.6 is 0 Å². The molecule has 0 unspecified atom stereocenters. The van der Waals surface area contributed by atoms with E-state index >= 15 is 0 Å². The molecule has 0 fully saturated rings. The minimum Gasteiger partial charge on any atom is -0.412 e. The number of hydrogen-bond acceptors (Lipinski definition) is 5. The molecule has 1 radical (unpaired) electrons. The van der Waals surface area contributed by atoms with Gasteiger partial charge in [-0.15, -0.1) is 0 Å². The van der Waals surface area contributed by atoms with Gasteiger partial charge in [0.2, 0.25) is 0 Å². The molecule has 4 heterocycles. The third-order valence-electron chi connectivity index (χ3n) is 4.34. The topological polar surface area (TPSA) is 86.3 Å². The van der Waals surface area contributed by atoms with Crippen molar-refractivity contribution in [1.29, 1.82) is 0 Å². The monoisotopic (exact) mass is 487 g/mol. The van der Waals surface area contributed by atoms with E-state index in [9.17, 15) is 0 Å². The molecule has 153 valence electrons. The van der Waals surface area contributed by atoms with E-state index in [0.29, 0.717) is 6.54 Å². The first kappa shape index (κ1) is 23.4. The van der Waals surface area contributed by atoms with Gasteiger partial charge in [0.25, 0.3) is 0 Å². The largest absolute Gasteiger partial charge is 1.00 e. The Morgan fingerprint density at radius 1 is 0.533 bits per heavy atom. The van der Waals surface area contributed by atoms with Crippen molar-refractivity contribution in [3.05, 3.63) is 108 Å². The third kappa shape index (κ3) is 6.59. The number of nitrogens with zero attached hydrogens (tertiary/aromatic N) is 5. The van der Waals surface area contributed by atoms with Crippen LogP contribution in [0.15, 0.2) is 91.4 Å². The molecule has 0 bridgehead atoms. The molecule has 0 aliphatic rings. The molecule has 4 aromatic rings. The summed E-state index contributed by atoms with van der Waals surface area (Å²) in [7, 11) is 0. The number of aromatic nitrogens is 4. The fourth-order valence-electron chi connectivity index (χ4n) is 3.06. The zero-order valence-electron chi connectivity index (χ0n) is 16.4. The fourth-order valence-corrected chi connectivity index (χ4v) is 3.06. The normalized spacial score (nSPS) is 10.2. The van der Waals surface area contributed by atoms with Crippen LogP contribution in [0.1, 0.15) is 17.1 Å². The second-order valence-electron chi connectivity index (χ2n) is 6.52. The van der Waals surface area contributed by atoms with Gasteiger partial charge in [0.1, 0.15) is 0 Å². The van der Waals surface area contributed by atoms with Crippen molar-refractivity contribution < 1.29 is 25.0 Å². The molecule has 0 aliphatic carbocycles. The smallest absolute Gasteiger partial charge is 0.412 e. The van der Waals surface area contributed by atoms with Crippen LogP contribution in [0.25, 0.3) is 11.4 Å². The summed E-state index contributed by atoms with van der Waals surface area (Å²) in [6.07, 6.45) is 5.45. The molecule has 4 rings (SSSR count). The Balaban J connectivity index is 0.00000160. The van der Waals surface area contributed by atoms with Gasteiger partial charge in [-0.25, -0.2) is 4.98 Å². The van der Waals surface area contributed by atoms with Crippen LogP contribution in [0.2, 0.25) is 0 Å². The molecule has 0 aliphatic heterocycles. The van der Waals surface area contributed by atoms with Crippen molar-refractivity contribution in [3.63, 3.8) is 0 Å². The van der Waals surface area contributed by atoms with Crippen LogP contribution in [-0.4, -0.2) is 30.3 Å². The molecule has 30 heavy (non-hydrogen) atoms. The molecule has 7 heteroatoms. The Labute approximate surface area is 189 Å². The van der Waals surface area contributed by atoms with Gasteiger partial charge in [0.05, 0.1) is 28.5 Å². The van der Waals surface area contributed by atoms with Gasteiger partial charge < -0.3 is 5.48 Å². The van der Waals surface area contributed by atoms with Gasteiger partial charge >= 0.3 is 19.5 Å². The first-order chi connectivity index (χ1) is 13.9. The van der Waals surface area contributed by atoms with E-state index in [1.807, 2.05) is 79.1 Å². The minimum atomic E-state index is 0. The van der Waals surface area contributed by atoms with E-state index in [4.69, 9.17) is 4.98 Å². The summed E-state index contributed by atoms with van der Waals surface area (Å²) >= 11 is 0. The Morgan fingerprint density at radius 2 is 1.03 bits per heavy atom. The van der Waals surface area contributed by atoms with Gasteiger partial charge in [-0.1, -0.05) is 24.3 Å². The Hall–Kier alpha value is -2.86. The van der Waals surface area contributed by atoms with Gasteiger partial charge in [-0.3, -0.25) is 19.9 Å². The van der Waals surface area contributed by atoms with Crippen LogP contribution < -0.4 is 0 Å². The van der Waals surface area contributed by atoms with E-state index in [2.05, 4.69) is 25.9 Å². The summed E-state index contributed by atoms with van der Waals surface area (Å²) in [5.41, 5.74) is 4.81.